The second-order valence-electron chi connectivity index (χ2n) is 5.81. The Hall–Kier alpha value is -2.62. The molecule has 0 radical (unpaired) electrons. The zero-order chi connectivity index (χ0) is 16.9. The fourth-order valence-corrected chi connectivity index (χ4v) is 2.84. The van der Waals surface area contributed by atoms with Crippen molar-refractivity contribution in [3.05, 3.63) is 54.4 Å². The molecule has 0 aliphatic heterocycles. The van der Waals surface area contributed by atoms with Gasteiger partial charge in [0.2, 0.25) is 0 Å². The molecule has 3 aromatic rings. The topological polar surface area (TPSA) is 47.0 Å². The highest BCUT2D eigenvalue weighted by Gasteiger charge is 2.14. The summed E-state index contributed by atoms with van der Waals surface area (Å²) in [6.07, 6.45) is 2.08. The maximum atomic E-state index is 5.22. The van der Waals surface area contributed by atoms with Gasteiger partial charge in [0.05, 0.1) is 12.6 Å². The SMILES string of the molecule is CCC(CC)c1nc(Nc2ccc(OC)cc2)c2ccccc2n1. The number of methoxy groups -OCH3 is 1. The van der Waals surface area contributed by atoms with E-state index in [2.05, 4.69) is 25.2 Å². The highest BCUT2D eigenvalue weighted by Crippen LogP contribution is 2.28. The molecule has 0 spiro atoms. The summed E-state index contributed by atoms with van der Waals surface area (Å²) in [6.45, 7) is 4.37. The van der Waals surface area contributed by atoms with Gasteiger partial charge in [-0.25, -0.2) is 9.97 Å². The number of ether oxygens (including phenoxy) is 1. The second-order valence-corrected chi connectivity index (χ2v) is 5.81. The molecule has 0 unspecified atom stereocenters. The van der Waals surface area contributed by atoms with Crippen molar-refractivity contribution in [3.63, 3.8) is 0 Å². The molecule has 1 heterocycles. The van der Waals surface area contributed by atoms with Crippen molar-refractivity contribution >= 4 is 22.4 Å². The lowest BCUT2D eigenvalue weighted by Crippen LogP contribution is -2.06. The molecule has 0 aliphatic carbocycles. The molecular weight excluding hydrogens is 298 g/mol. The van der Waals surface area contributed by atoms with Crippen LogP contribution >= 0.6 is 0 Å². The molecule has 1 N–H and O–H groups in total. The Morgan fingerprint density at radius 3 is 2.33 bits per heavy atom. The summed E-state index contributed by atoms with van der Waals surface area (Å²) >= 11 is 0. The predicted octanol–water partition coefficient (Wildman–Crippen LogP) is 5.29. The van der Waals surface area contributed by atoms with Crippen LogP contribution in [0.15, 0.2) is 48.5 Å². The minimum Gasteiger partial charge on any atom is -0.497 e. The van der Waals surface area contributed by atoms with Gasteiger partial charge in [0, 0.05) is 17.0 Å². The first-order chi connectivity index (χ1) is 11.7. The van der Waals surface area contributed by atoms with Gasteiger partial charge in [-0.05, 0) is 49.2 Å². The number of nitrogens with zero attached hydrogens (tertiary/aromatic N) is 2. The number of hydrogen-bond donors (Lipinski definition) is 1. The maximum absolute atomic E-state index is 5.22. The van der Waals surface area contributed by atoms with Crippen molar-refractivity contribution in [1.82, 2.24) is 9.97 Å². The van der Waals surface area contributed by atoms with Crippen molar-refractivity contribution in [2.24, 2.45) is 0 Å². The Balaban J connectivity index is 2.03. The van der Waals surface area contributed by atoms with Crippen LogP contribution in [0.5, 0.6) is 5.75 Å². The van der Waals surface area contributed by atoms with Gasteiger partial charge in [-0.1, -0.05) is 26.0 Å². The molecule has 1 aromatic heterocycles. The first-order valence-electron chi connectivity index (χ1n) is 8.42. The standard InChI is InChI=1S/C20H23N3O/c1-4-14(5-2)19-22-18-9-7-6-8-17(18)20(23-19)21-15-10-12-16(24-3)13-11-15/h6-14H,4-5H2,1-3H3,(H,21,22,23). The van der Waals surface area contributed by atoms with Crippen LogP contribution in [-0.4, -0.2) is 17.1 Å². The fraction of sp³-hybridized carbons (Fsp3) is 0.300. The van der Waals surface area contributed by atoms with Crippen LogP contribution in [-0.2, 0) is 0 Å². The molecule has 0 saturated carbocycles. The van der Waals surface area contributed by atoms with Crippen molar-refractivity contribution in [2.75, 3.05) is 12.4 Å². The molecule has 24 heavy (non-hydrogen) atoms. The molecule has 0 atom stereocenters. The van der Waals surface area contributed by atoms with Gasteiger partial charge >= 0.3 is 0 Å². The highest BCUT2D eigenvalue weighted by atomic mass is 16.5. The van der Waals surface area contributed by atoms with E-state index in [-0.39, 0.29) is 0 Å². The third-order valence-electron chi connectivity index (χ3n) is 4.32. The Labute approximate surface area is 142 Å². The van der Waals surface area contributed by atoms with Crippen molar-refractivity contribution in [3.8, 4) is 5.75 Å². The summed E-state index contributed by atoms with van der Waals surface area (Å²) in [7, 11) is 1.67. The van der Waals surface area contributed by atoms with Crippen LogP contribution in [0.1, 0.15) is 38.4 Å². The largest absolute Gasteiger partial charge is 0.497 e. The zero-order valence-electron chi connectivity index (χ0n) is 14.4. The lowest BCUT2D eigenvalue weighted by molar-refractivity contribution is 0.415. The van der Waals surface area contributed by atoms with Gasteiger partial charge in [0.15, 0.2) is 0 Å². The summed E-state index contributed by atoms with van der Waals surface area (Å²) in [5.74, 6) is 2.99. The van der Waals surface area contributed by atoms with Crippen LogP contribution in [0, 0.1) is 0 Å². The summed E-state index contributed by atoms with van der Waals surface area (Å²) in [4.78, 5) is 9.60. The van der Waals surface area contributed by atoms with E-state index < -0.39 is 0 Å². The van der Waals surface area contributed by atoms with Crippen molar-refractivity contribution in [1.29, 1.82) is 0 Å². The molecule has 4 nitrogen and oxygen atoms in total. The number of fused-ring (bicyclic) bond motifs is 1. The number of para-hydroxylation sites is 1. The molecule has 0 saturated heterocycles. The van der Waals surface area contributed by atoms with Crippen LogP contribution in [0.2, 0.25) is 0 Å². The van der Waals surface area contributed by atoms with Gasteiger partial charge in [-0.2, -0.15) is 0 Å². The average molecular weight is 321 g/mol. The van der Waals surface area contributed by atoms with Crippen LogP contribution < -0.4 is 10.1 Å². The normalized spacial score (nSPS) is 11.0. The summed E-state index contributed by atoms with van der Waals surface area (Å²) in [5.41, 5.74) is 1.96. The third-order valence-corrected chi connectivity index (χ3v) is 4.32. The molecule has 0 aliphatic rings. The number of hydrogen-bond acceptors (Lipinski definition) is 4. The van der Waals surface area contributed by atoms with E-state index in [0.717, 1.165) is 46.8 Å². The minimum absolute atomic E-state index is 0.381. The summed E-state index contributed by atoms with van der Waals surface area (Å²) < 4.78 is 5.22. The molecule has 0 fully saturated rings. The lowest BCUT2D eigenvalue weighted by Gasteiger charge is -2.15. The first-order valence-corrected chi connectivity index (χ1v) is 8.42. The van der Waals surface area contributed by atoms with Crippen molar-refractivity contribution < 1.29 is 4.74 Å². The summed E-state index contributed by atoms with van der Waals surface area (Å²) in [5, 5.41) is 4.47. The summed E-state index contributed by atoms with van der Waals surface area (Å²) in [6, 6.07) is 16.0. The lowest BCUT2D eigenvalue weighted by atomic mass is 10.0. The van der Waals surface area contributed by atoms with Crippen molar-refractivity contribution in [2.45, 2.75) is 32.6 Å². The average Bonchev–Trinajstić information content (AvgIpc) is 2.63. The fourth-order valence-electron chi connectivity index (χ4n) is 2.84. The molecular formula is C20H23N3O. The number of benzene rings is 2. The predicted molar refractivity (Wildman–Crippen MR) is 99.1 cm³/mol. The molecule has 0 bridgehead atoms. The number of nitrogens with one attached hydrogen (secondary N) is 1. The van der Waals surface area contributed by atoms with Gasteiger partial charge in [-0.3, -0.25) is 0 Å². The van der Waals surface area contributed by atoms with Crippen LogP contribution in [0.4, 0.5) is 11.5 Å². The van der Waals surface area contributed by atoms with E-state index in [4.69, 9.17) is 14.7 Å². The number of anilines is 2. The van der Waals surface area contributed by atoms with E-state index in [1.165, 1.54) is 0 Å². The third kappa shape index (κ3) is 3.32. The number of aromatic nitrogens is 2. The molecule has 4 heteroatoms. The maximum Gasteiger partial charge on any atom is 0.142 e. The van der Waals surface area contributed by atoms with E-state index in [1.54, 1.807) is 7.11 Å². The van der Waals surface area contributed by atoms with Gasteiger partial charge in [-0.15, -0.1) is 0 Å². The van der Waals surface area contributed by atoms with Gasteiger partial charge < -0.3 is 10.1 Å². The Morgan fingerprint density at radius 1 is 0.958 bits per heavy atom. The molecule has 3 rings (SSSR count). The quantitative estimate of drug-likeness (QED) is 0.670. The van der Waals surface area contributed by atoms with E-state index in [0.29, 0.717) is 5.92 Å². The first kappa shape index (κ1) is 16.2. The Bertz CT molecular complexity index is 811. The molecule has 124 valence electrons. The highest BCUT2D eigenvalue weighted by molar-refractivity contribution is 5.90. The Morgan fingerprint density at radius 2 is 1.67 bits per heavy atom. The van der Waals surface area contributed by atoms with E-state index in [9.17, 15) is 0 Å². The van der Waals surface area contributed by atoms with E-state index in [1.807, 2.05) is 42.5 Å². The van der Waals surface area contributed by atoms with Crippen LogP contribution in [0.25, 0.3) is 10.9 Å². The second kappa shape index (κ2) is 7.30. The molecule has 2 aromatic carbocycles. The number of rotatable bonds is 6. The monoisotopic (exact) mass is 321 g/mol. The van der Waals surface area contributed by atoms with Gasteiger partial charge in [0.25, 0.3) is 0 Å². The Kier molecular flexibility index (Phi) is 4.94. The minimum atomic E-state index is 0.381. The zero-order valence-corrected chi connectivity index (χ0v) is 14.4. The van der Waals surface area contributed by atoms with Gasteiger partial charge in [0.1, 0.15) is 17.4 Å². The molecule has 0 amide bonds. The van der Waals surface area contributed by atoms with Crippen LogP contribution in [0.3, 0.4) is 0 Å². The smallest absolute Gasteiger partial charge is 0.142 e. The van der Waals surface area contributed by atoms with E-state index >= 15 is 0 Å².